The maximum absolute atomic E-state index is 11.0. The number of nitrogens with one attached hydrogen (secondary N) is 1. The fourth-order valence-corrected chi connectivity index (χ4v) is 3.37. The summed E-state index contributed by atoms with van der Waals surface area (Å²) in [5, 5.41) is 17.5. The zero-order valence-corrected chi connectivity index (χ0v) is 15.0. The lowest BCUT2D eigenvalue weighted by molar-refractivity contribution is 0.1000. The number of carbonyl (C=O) groups is 1. The number of likely N-dealkylation sites (tertiary alicyclic amines) is 1. The van der Waals surface area contributed by atoms with Gasteiger partial charge in [0.15, 0.2) is 0 Å². The number of primary amides is 1. The molecule has 0 spiro atoms. The Kier molecular flexibility index (Phi) is 5.90. The molecule has 2 aromatic rings. The first-order valence-corrected chi connectivity index (χ1v) is 8.95. The Morgan fingerprint density at radius 3 is 2.81 bits per heavy atom. The van der Waals surface area contributed by atoms with Crippen molar-refractivity contribution in [2.24, 2.45) is 11.7 Å². The molecule has 4 N–H and O–H groups in total. The highest BCUT2D eigenvalue weighted by Crippen LogP contribution is 2.21. The molecule has 0 unspecified atom stereocenters. The number of carbonyl (C=O) groups excluding carboxylic acids is 1. The van der Waals surface area contributed by atoms with E-state index in [0.717, 1.165) is 43.1 Å². The maximum atomic E-state index is 11.0. The van der Waals surface area contributed by atoms with Crippen molar-refractivity contribution >= 4 is 5.91 Å². The van der Waals surface area contributed by atoms with E-state index in [1.54, 1.807) is 24.3 Å². The van der Waals surface area contributed by atoms with Crippen LogP contribution in [0, 0.1) is 12.8 Å². The van der Waals surface area contributed by atoms with E-state index in [-0.39, 0.29) is 12.0 Å². The van der Waals surface area contributed by atoms with Gasteiger partial charge in [0.2, 0.25) is 5.91 Å². The van der Waals surface area contributed by atoms with Crippen molar-refractivity contribution in [2.45, 2.75) is 25.9 Å². The molecule has 1 fully saturated rings. The predicted molar refractivity (Wildman–Crippen MR) is 98.0 cm³/mol. The molecule has 1 aliphatic heterocycles. The molecule has 0 bridgehead atoms. The number of aryl methyl sites for hydroxylation is 1. The van der Waals surface area contributed by atoms with Gasteiger partial charge in [-0.1, -0.05) is 0 Å². The molecule has 3 rings (SSSR count). The largest absolute Gasteiger partial charge is 0.494 e. The monoisotopic (exact) mass is 358 g/mol. The van der Waals surface area contributed by atoms with Gasteiger partial charge in [-0.25, -0.2) is 0 Å². The summed E-state index contributed by atoms with van der Waals surface area (Å²) in [6, 6.07) is 8.86. The molecule has 2 atom stereocenters. The molecule has 1 aromatic carbocycles. The quantitative estimate of drug-likeness (QED) is 0.614. The van der Waals surface area contributed by atoms with Crippen LogP contribution in [0.3, 0.4) is 0 Å². The predicted octanol–water partition coefficient (Wildman–Crippen LogP) is 1.12. The van der Waals surface area contributed by atoms with E-state index in [0.29, 0.717) is 18.7 Å². The molecule has 7 heteroatoms. The molecule has 1 aromatic heterocycles. The number of rotatable bonds is 8. The number of benzene rings is 1. The van der Waals surface area contributed by atoms with Crippen LogP contribution in [0.2, 0.25) is 0 Å². The summed E-state index contributed by atoms with van der Waals surface area (Å²) >= 11 is 0. The van der Waals surface area contributed by atoms with Gasteiger partial charge in [-0.3, -0.25) is 9.89 Å². The third kappa shape index (κ3) is 4.83. The molecule has 1 amide bonds. The Labute approximate surface area is 153 Å². The lowest BCUT2D eigenvalue weighted by Crippen LogP contribution is -2.24. The third-order valence-electron chi connectivity index (χ3n) is 4.74. The van der Waals surface area contributed by atoms with Gasteiger partial charge in [-0.15, -0.1) is 0 Å². The zero-order chi connectivity index (χ0) is 18.5. The number of nitrogens with two attached hydrogens (primary N) is 1. The van der Waals surface area contributed by atoms with Crippen LogP contribution in [0.5, 0.6) is 5.75 Å². The van der Waals surface area contributed by atoms with E-state index in [9.17, 15) is 9.90 Å². The zero-order valence-electron chi connectivity index (χ0n) is 15.0. The Bertz CT molecular complexity index is 729. The van der Waals surface area contributed by atoms with Gasteiger partial charge in [0, 0.05) is 36.8 Å². The van der Waals surface area contributed by atoms with Crippen LogP contribution >= 0.6 is 0 Å². The summed E-state index contributed by atoms with van der Waals surface area (Å²) in [4.78, 5) is 13.3. The van der Waals surface area contributed by atoms with E-state index in [1.165, 1.54) is 0 Å². The lowest BCUT2D eigenvalue weighted by Gasteiger charge is -2.15. The molecule has 0 radical (unpaired) electrons. The summed E-state index contributed by atoms with van der Waals surface area (Å²) in [5.41, 5.74) is 7.75. The second-order valence-electron chi connectivity index (χ2n) is 6.92. The van der Waals surface area contributed by atoms with Crippen LogP contribution in [0.1, 0.15) is 28.2 Å². The first-order chi connectivity index (χ1) is 12.5. The molecule has 7 nitrogen and oxygen atoms in total. The average molecular weight is 358 g/mol. The molecule has 0 aliphatic carbocycles. The van der Waals surface area contributed by atoms with Crippen molar-refractivity contribution in [3.05, 3.63) is 47.3 Å². The standard InChI is InChI=1S/C19H26N4O3/c1-13-9-16(22-21-13)10-15-11-23(12-18(15)24)7-2-8-26-17-5-3-14(4-6-17)19(20)25/h3-6,9,15,18,24H,2,7-8,10-12H2,1H3,(H2,20,25)(H,21,22)/t15-,18+/m1/s1. The second-order valence-corrected chi connectivity index (χ2v) is 6.92. The topological polar surface area (TPSA) is 104 Å². The van der Waals surface area contributed by atoms with Gasteiger partial charge in [0.1, 0.15) is 5.75 Å². The first kappa shape index (κ1) is 18.4. The highest BCUT2D eigenvalue weighted by Gasteiger charge is 2.31. The number of hydrogen-bond acceptors (Lipinski definition) is 5. The molecule has 2 heterocycles. The minimum atomic E-state index is -0.441. The van der Waals surface area contributed by atoms with E-state index < -0.39 is 5.91 Å². The normalized spacial score (nSPS) is 20.4. The Morgan fingerprint density at radius 1 is 1.38 bits per heavy atom. The number of β-amino-alcohol motifs (C(OH)–C–C–N with tert-alkyl or cyclic N) is 1. The van der Waals surface area contributed by atoms with Crippen LogP contribution in [0.4, 0.5) is 0 Å². The number of hydrogen-bond donors (Lipinski definition) is 3. The lowest BCUT2D eigenvalue weighted by atomic mass is 10.0. The van der Waals surface area contributed by atoms with Gasteiger partial charge in [0.25, 0.3) is 0 Å². The van der Waals surface area contributed by atoms with Crippen molar-refractivity contribution < 1.29 is 14.6 Å². The van der Waals surface area contributed by atoms with Gasteiger partial charge in [-0.2, -0.15) is 5.10 Å². The Balaban J connectivity index is 1.38. The van der Waals surface area contributed by atoms with Gasteiger partial charge >= 0.3 is 0 Å². The molecule has 26 heavy (non-hydrogen) atoms. The fraction of sp³-hybridized carbons (Fsp3) is 0.474. The highest BCUT2D eigenvalue weighted by atomic mass is 16.5. The van der Waals surface area contributed by atoms with Gasteiger partial charge < -0.3 is 20.5 Å². The molecule has 0 saturated carbocycles. The summed E-state index contributed by atoms with van der Waals surface area (Å²) in [7, 11) is 0. The Hall–Kier alpha value is -2.38. The number of aromatic amines is 1. The minimum Gasteiger partial charge on any atom is -0.494 e. The average Bonchev–Trinajstić information content (AvgIpc) is 3.18. The number of nitrogens with zero attached hydrogens (tertiary/aromatic N) is 2. The maximum Gasteiger partial charge on any atom is 0.248 e. The van der Waals surface area contributed by atoms with Crippen molar-refractivity contribution in [3.8, 4) is 5.75 Å². The van der Waals surface area contributed by atoms with Gasteiger partial charge in [0.05, 0.1) is 18.4 Å². The van der Waals surface area contributed by atoms with Crippen LogP contribution in [-0.2, 0) is 6.42 Å². The van der Waals surface area contributed by atoms with E-state index in [4.69, 9.17) is 10.5 Å². The number of aliphatic hydroxyl groups is 1. The number of H-pyrrole nitrogens is 1. The first-order valence-electron chi connectivity index (χ1n) is 8.95. The van der Waals surface area contributed by atoms with Crippen LogP contribution in [0.25, 0.3) is 0 Å². The van der Waals surface area contributed by atoms with E-state index in [2.05, 4.69) is 15.1 Å². The molecular formula is C19H26N4O3. The van der Waals surface area contributed by atoms with E-state index in [1.807, 2.05) is 13.0 Å². The number of ether oxygens (including phenoxy) is 1. The van der Waals surface area contributed by atoms with Gasteiger partial charge in [-0.05, 0) is 50.1 Å². The summed E-state index contributed by atoms with van der Waals surface area (Å²) in [6.07, 6.45) is 1.36. The fourth-order valence-electron chi connectivity index (χ4n) is 3.37. The molecular weight excluding hydrogens is 332 g/mol. The van der Waals surface area contributed by atoms with Crippen molar-refractivity contribution in [3.63, 3.8) is 0 Å². The van der Waals surface area contributed by atoms with Crippen LogP contribution in [-0.4, -0.2) is 58.5 Å². The molecule has 140 valence electrons. The van der Waals surface area contributed by atoms with Crippen molar-refractivity contribution in [2.75, 3.05) is 26.2 Å². The van der Waals surface area contributed by atoms with Crippen LogP contribution in [0.15, 0.2) is 30.3 Å². The van der Waals surface area contributed by atoms with E-state index >= 15 is 0 Å². The third-order valence-corrected chi connectivity index (χ3v) is 4.74. The minimum absolute atomic E-state index is 0.222. The Morgan fingerprint density at radius 2 is 2.15 bits per heavy atom. The van der Waals surface area contributed by atoms with Crippen molar-refractivity contribution in [1.82, 2.24) is 15.1 Å². The molecule has 1 saturated heterocycles. The number of aliphatic hydroxyl groups excluding tert-OH is 1. The summed E-state index contributed by atoms with van der Waals surface area (Å²) in [6.45, 7) is 5.02. The van der Waals surface area contributed by atoms with Crippen LogP contribution < -0.4 is 10.5 Å². The SMILES string of the molecule is Cc1cc(C[C@@H]2CN(CCCOc3ccc(C(N)=O)cc3)C[C@@H]2O)n[nH]1. The molecule has 1 aliphatic rings. The summed E-state index contributed by atoms with van der Waals surface area (Å²) in [5.74, 6) is 0.506. The van der Waals surface area contributed by atoms with Crippen molar-refractivity contribution in [1.29, 1.82) is 0 Å². The summed E-state index contributed by atoms with van der Waals surface area (Å²) < 4.78 is 5.70. The second kappa shape index (κ2) is 8.33. The smallest absolute Gasteiger partial charge is 0.248 e. The highest BCUT2D eigenvalue weighted by molar-refractivity contribution is 5.92. The number of aromatic nitrogens is 2. The number of amides is 1.